The molecule has 0 heterocycles. The summed E-state index contributed by atoms with van der Waals surface area (Å²) in [4.78, 5) is 21.9. The van der Waals surface area contributed by atoms with Gasteiger partial charge in [0.15, 0.2) is 5.78 Å². The molecule has 1 aromatic rings. The second kappa shape index (κ2) is 4.94. The number of carbonyl (C=O) groups is 2. The van der Waals surface area contributed by atoms with Crippen molar-refractivity contribution in [1.29, 1.82) is 0 Å². The maximum Gasteiger partial charge on any atom is 0.163 e. The van der Waals surface area contributed by atoms with E-state index in [4.69, 9.17) is 16.3 Å². The minimum Gasteiger partial charge on any atom is -0.492 e. The van der Waals surface area contributed by atoms with Gasteiger partial charge in [0.05, 0.1) is 17.2 Å². The number of ether oxygens (including phenoxy) is 1. The van der Waals surface area contributed by atoms with Gasteiger partial charge in [-0.15, -0.1) is 0 Å². The second-order valence-electron chi connectivity index (χ2n) is 2.99. The number of hydrogen-bond donors (Lipinski definition) is 0. The van der Waals surface area contributed by atoms with Crippen molar-refractivity contribution in [3.63, 3.8) is 0 Å². The quantitative estimate of drug-likeness (QED) is 0.586. The van der Waals surface area contributed by atoms with Crippen LogP contribution in [-0.4, -0.2) is 18.7 Å². The van der Waals surface area contributed by atoms with Crippen LogP contribution in [0.25, 0.3) is 0 Å². The molecule has 0 aliphatic heterocycles. The molecule has 0 N–H and O–H groups in total. The molecule has 0 radical (unpaired) electrons. The van der Waals surface area contributed by atoms with Crippen LogP contribution in [0.15, 0.2) is 12.1 Å². The smallest absolute Gasteiger partial charge is 0.163 e. The van der Waals surface area contributed by atoms with E-state index in [-0.39, 0.29) is 10.8 Å². The Kier molecular flexibility index (Phi) is 3.86. The Morgan fingerprint density at radius 2 is 2.20 bits per heavy atom. The SMILES string of the molecule is CCOc1c(Cl)cc(C=O)cc1C(C)=O. The molecular weight excluding hydrogens is 216 g/mol. The van der Waals surface area contributed by atoms with Crippen LogP contribution in [-0.2, 0) is 0 Å². The molecule has 1 rings (SSSR count). The van der Waals surface area contributed by atoms with Gasteiger partial charge in [0.2, 0.25) is 0 Å². The molecule has 0 aliphatic rings. The van der Waals surface area contributed by atoms with Gasteiger partial charge in [-0.1, -0.05) is 11.6 Å². The lowest BCUT2D eigenvalue weighted by molar-refractivity contribution is 0.101. The van der Waals surface area contributed by atoms with Crippen molar-refractivity contribution < 1.29 is 14.3 Å². The molecule has 0 atom stereocenters. The summed E-state index contributed by atoms with van der Waals surface area (Å²) < 4.78 is 5.26. The lowest BCUT2D eigenvalue weighted by atomic mass is 10.1. The van der Waals surface area contributed by atoms with Gasteiger partial charge < -0.3 is 4.74 Å². The topological polar surface area (TPSA) is 43.4 Å². The fourth-order valence-corrected chi connectivity index (χ4v) is 1.52. The molecular formula is C11H11ClO3. The van der Waals surface area contributed by atoms with Gasteiger partial charge in [-0.25, -0.2) is 0 Å². The predicted molar refractivity (Wildman–Crippen MR) is 58.0 cm³/mol. The zero-order chi connectivity index (χ0) is 11.4. The first-order valence-corrected chi connectivity index (χ1v) is 4.90. The van der Waals surface area contributed by atoms with Crippen molar-refractivity contribution in [2.24, 2.45) is 0 Å². The normalized spacial score (nSPS) is 9.80. The van der Waals surface area contributed by atoms with Gasteiger partial charge in [0.25, 0.3) is 0 Å². The molecule has 0 spiro atoms. The minimum absolute atomic E-state index is 0.177. The average Bonchev–Trinajstić information content (AvgIpc) is 2.20. The lowest BCUT2D eigenvalue weighted by Crippen LogP contribution is -2.02. The number of ketones is 1. The molecule has 15 heavy (non-hydrogen) atoms. The molecule has 3 nitrogen and oxygen atoms in total. The fraction of sp³-hybridized carbons (Fsp3) is 0.273. The Hall–Kier alpha value is -1.35. The second-order valence-corrected chi connectivity index (χ2v) is 3.39. The third-order valence-corrected chi connectivity index (χ3v) is 2.15. The monoisotopic (exact) mass is 226 g/mol. The predicted octanol–water partition coefficient (Wildman–Crippen LogP) is 2.75. The summed E-state index contributed by atoms with van der Waals surface area (Å²) in [6.07, 6.45) is 0.647. The van der Waals surface area contributed by atoms with Gasteiger partial charge >= 0.3 is 0 Å². The van der Waals surface area contributed by atoms with E-state index in [1.54, 1.807) is 6.92 Å². The molecule has 0 aliphatic carbocycles. The first-order valence-electron chi connectivity index (χ1n) is 4.52. The number of Topliss-reactive ketones (excluding diaryl/α,β-unsaturated/α-hetero) is 1. The number of halogens is 1. The van der Waals surface area contributed by atoms with E-state index in [0.29, 0.717) is 29.8 Å². The van der Waals surface area contributed by atoms with E-state index in [1.165, 1.54) is 19.1 Å². The Morgan fingerprint density at radius 1 is 1.53 bits per heavy atom. The Labute approximate surface area is 93.0 Å². The molecule has 0 unspecified atom stereocenters. The summed E-state index contributed by atoms with van der Waals surface area (Å²) >= 11 is 5.90. The zero-order valence-electron chi connectivity index (χ0n) is 8.54. The third kappa shape index (κ3) is 2.57. The number of aldehydes is 1. The van der Waals surface area contributed by atoms with Crippen molar-refractivity contribution in [2.75, 3.05) is 6.61 Å². The summed E-state index contributed by atoms with van der Waals surface area (Å²) in [6, 6.07) is 2.96. The highest BCUT2D eigenvalue weighted by Gasteiger charge is 2.13. The summed E-state index contributed by atoms with van der Waals surface area (Å²) in [5.41, 5.74) is 0.708. The summed E-state index contributed by atoms with van der Waals surface area (Å²) in [6.45, 7) is 3.62. The van der Waals surface area contributed by atoms with Gasteiger partial charge in [-0.3, -0.25) is 9.59 Å². The molecule has 0 aromatic heterocycles. The molecule has 0 saturated heterocycles. The van der Waals surface area contributed by atoms with E-state index < -0.39 is 0 Å². The third-order valence-electron chi connectivity index (χ3n) is 1.87. The Bertz CT molecular complexity index is 399. The summed E-state index contributed by atoms with van der Waals surface area (Å²) in [7, 11) is 0. The van der Waals surface area contributed by atoms with Crippen LogP contribution in [0.3, 0.4) is 0 Å². The minimum atomic E-state index is -0.177. The number of hydrogen-bond acceptors (Lipinski definition) is 3. The van der Waals surface area contributed by atoms with Crippen molar-refractivity contribution in [3.8, 4) is 5.75 Å². The van der Waals surface area contributed by atoms with Crippen molar-refractivity contribution >= 4 is 23.7 Å². The van der Waals surface area contributed by atoms with Crippen molar-refractivity contribution in [3.05, 3.63) is 28.3 Å². The van der Waals surface area contributed by atoms with Gasteiger partial charge in [0.1, 0.15) is 12.0 Å². The molecule has 1 aromatic carbocycles. The van der Waals surface area contributed by atoms with E-state index in [2.05, 4.69) is 0 Å². The summed E-state index contributed by atoms with van der Waals surface area (Å²) in [5.74, 6) is 0.168. The first-order chi connectivity index (χ1) is 7.10. The van der Waals surface area contributed by atoms with E-state index in [0.717, 1.165) is 0 Å². The van der Waals surface area contributed by atoms with Crippen LogP contribution >= 0.6 is 11.6 Å². The highest BCUT2D eigenvalue weighted by molar-refractivity contribution is 6.33. The molecule has 4 heteroatoms. The number of carbonyl (C=O) groups excluding carboxylic acids is 2. The standard InChI is InChI=1S/C11H11ClO3/c1-3-15-11-9(7(2)14)4-8(6-13)5-10(11)12/h4-6H,3H2,1-2H3. The average molecular weight is 227 g/mol. The van der Waals surface area contributed by atoms with Crippen LogP contribution in [0.1, 0.15) is 34.6 Å². The van der Waals surface area contributed by atoms with Crippen LogP contribution < -0.4 is 4.74 Å². The maximum atomic E-state index is 11.3. The van der Waals surface area contributed by atoms with Crippen LogP contribution in [0, 0.1) is 0 Å². The van der Waals surface area contributed by atoms with E-state index in [9.17, 15) is 9.59 Å². The molecule has 0 amide bonds. The van der Waals surface area contributed by atoms with E-state index in [1.807, 2.05) is 0 Å². The molecule has 0 bridgehead atoms. The van der Waals surface area contributed by atoms with Crippen LogP contribution in [0.2, 0.25) is 5.02 Å². The van der Waals surface area contributed by atoms with Gasteiger partial charge in [-0.05, 0) is 26.0 Å². The van der Waals surface area contributed by atoms with Gasteiger partial charge in [0, 0.05) is 5.56 Å². The van der Waals surface area contributed by atoms with Crippen molar-refractivity contribution in [1.82, 2.24) is 0 Å². The maximum absolute atomic E-state index is 11.3. The number of benzene rings is 1. The summed E-state index contributed by atoms with van der Waals surface area (Å²) in [5, 5.41) is 0.284. The van der Waals surface area contributed by atoms with Crippen molar-refractivity contribution in [2.45, 2.75) is 13.8 Å². The first kappa shape index (κ1) is 11.7. The Balaban J connectivity index is 3.34. The number of rotatable bonds is 4. The van der Waals surface area contributed by atoms with Gasteiger partial charge in [-0.2, -0.15) is 0 Å². The Morgan fingerprint density at radius 3 is 2.67 bits per heavy atom. The highest BCUT2D eigenvalue weighted by atomic mass is 35.5. The highest BCUT2D eigenvalue weighted by Crippen LogP contribution is 2.30. The van der Waals surface area contributed by atoms with Crippen LogP contribution in [0.4, 0.5) is 0 Å². The van der Waals surface area contributed by atoms with Crippen LogP contribution in [0.5, 0.6) is 5.75 Å². The molecule has 80 valence electrons. The largest absolute Gasteiger partial charge is 0.492 e. The zero-order valence-corrected chi connectivity index (χ0v) is 9.30. The molecule has 0 fully saturated rings. The lowest BCUT2D eigenvalue weighted by Gasteiger charge is -2.10. The van der Waals surface area contributed by atoms with E-state index >= 15 is 0 Å². The molecule has 0 saturated carbocycles. The fourth-order valence-electron chi connectivity index (χ4n) is 1.23.